The van der Waals surface area contributed by atoms with Crippen LogP contribution in [0, 0.1) is 18.3 Å². The van der Waals surface area contributed by atoms with Crippen molar-refractivity contribution in [2.45, 2.75) is 25.7 Å². The first-order valence-electron chi connectivity index (χ1n) is 5.06. The third-order valence-electron chi connectivity index (χ3n) is 2.34. The zero-order valence-corrected chi connectivity index (χ0v) is 8.61. The number of carbonyl (C=O) groups excluding carboxylic acids is 1. The normalized spacial score (nSPS) is 14.3. The lowest BCUT2D eigenvalue weighted by Gasteiger charge is -2.19. The first kappa shape index (κ1) is 11.6. The summed E-state index contributed by atoms with van der Waals surface area (Å²) >= 11 is 0. The largest absolute Gasteiger partial charge is 0.480 e. The molecule has 1 N–H and O–H groups in total. The van der Waals surface area contributed by atoms with Gasteiger partial charge < -0.3 is 10.0 Å². The molecule has 0 bridgehead atoms. The molecule has 0 heterocycles. The fourth-order valence-corrected chi connectivity index (χ4v) is 1.37. The zero-order chi connectivity index (χ0) is 11.3. The summed E-state index contributed by atoms with van der Waals surface area (Å²) in [5.41, 5.74) is 0. The molecule has 1 rings (SSSR count). The van der Waals surface area contributed by atoms with Crippen LogP contribution in [0.2, 0.25) is 0 Å². The summed E-state index contributed by atoms with van der Waals surface area (Å²) in [6, 6.07) is 0. The molecular formula is C11H15NO3. The molecule has 0 aliphatic heterocycles. The standard InChI is InChI=1S/C11H15NO3/c1-2-3-4-10(13)12(8-11(14)15)7-9-5-6-9/h1,9H,3-8H2,(H,14,15). The second-order valence-electron chi connectivity index (χ2n) is 3.82. The first-order valence-corrected chi connectivity index (χ1v) is 5.06. The van der Waals surface area contributed by atoms with Gasteiger partial charge >= 0.3 is 5.97 Å². The van der Waals surface area contributed by atoms with Crippen LogP contribution < -0.4 is 0 Å². The molecular weight excluding hydrogens is 194 g/mol. The van der Waals surface area contributed by atoms with E-state index in [0.29, 0.717) is 18.9 Å². The van der Waals surface area contributed by atoms with Gasteiger partial charge in [-0.05, 0) is 18.8 Å². The van der Waals surface area contributed by atoms with Crippen molar-refractivity contribution in [1.29, 1.82) is 0 Å². The highest BCUT2D eigenvalue weighted by molar-refractivity contribution is 5.81. The molecule has 0 radical (unpaired) electrons. The number of hydrogen-bond acceptors (Lipinski definition) is 2. The van der Waals surface area contributed by atoms with Crippen LogP contribution in [-0.4, -0.2) is 35.0 Å². The van der Waals surface area contributed by atoms with E-state index in [1.165, 1.54) is 4.90 Å². The van der Waals surface area contributed by atoms with Crippen LogP contribution in [0.3, 0.4) is 0 Å². The molecule has 0 atom stereocenters. The second kappa shape index (κ2) is 5.40. The Bertz CT molecular complexity index is 289. The maximum atomic E-state index is 11.6. The van der Waals surface area contributed by atoms with Gasteiger partial charge in [-0.2, -0.15) is 0 Å². The number of carboxylic acid groups (broad SMARTS) is 1. The number of carbonyl (C=O) groups is 2. The average molecular weight is 209 g/mol. The van der Waals surface area contributed by atoms with Gasteiger partial charge in [-0.25, -0.2) is 0 Å². The number of carboxylic acids is 1. The van der Waals surface area contributed by atoms with E-state index in [0.717, 1.165) is 12.8 Å². The molecule has 0 aromatic heterocycles. The summed E-state index contributed by atoms with van der Waals surface area (Å²) in [4.78, 5) is 23.5. The predicted molar refractivity (Wildman–Crippen MR) is 55.0 cm³/mol. The van der Waals surface area contributed by atoms with Crippen molar-refractivity contribution in [3.05, 3.63) is 0 Å². The summed E-state index contributed by atoms with van der Waals surface area (Å²) in [5.74, 6) is 1.76. The summed E-state index contributed by atoms with van der Waals surface area (Å²) in [5, 5.41) is 8.66. The van der Waals surface area contributed by atoms with Crippen molar-refractivity contribution >= 4 is 11.9 Å². The minimum absolute atomic E-state index is 0.151. The lowest BCUT2D eigenvalue weighted by molar-refractivity contribution is -0.144. The van der Waals surface area contributed by atoms with Crippen molar-refractivity contribution in [2.75, 3.05) is 13.1 Å². The molecule has 0 spiro atoms. The molecule has 0 unspecified atom stereocenters. The van der Waals surface area contributed by atoms with E-state index in [1.54, 1.807) is 0 Å². The van der Waals surface area contributed by atoms with Gasteiger partial charge in [0.25, 0.3) is 0 Å². The Hall–Kier alpha value is -1.50. The molecule has 1 fully saturated rings. The Labute approximate surface area is 89.3 Å². The Morgan fingerprint density at radius 1 is 1.47 bits per heavy atom. The lowest BCUT2D eigenvalue weighted by atomic mass is 10.2. The Morgan fingerprint density at radius 2 is 2.13 bits per heavy atom. The van der Waals surface area contributed by atoms with Gasteiger partial charge in [0.2, 0.25) is 5.91 Å². The van der Waals surface area contributed by atoms with Crippen LogP contribution in [0.4, 0.5) is 0 Å². The van der Waals surface area contributed by atoms with Crippen LogP contribution in [0.5, 0.6) is 0 Å². The molecule has 4 heteroatoms. The highest BCUT2D eigenvalue weighted by Gasteiger charge is 2.27. The fourth-order valence-electron chi connectivity index (χ4n) is 1.37. The van der Waals surface area contributed by atoms with Crippen LogP contribution in [0.15, 0.2) is 0 Å². The highest BCUT2D eigenvalue weighted by Crippen LogP contribution is 2.29. The summed E-state index contributed by atoms with van der Waals surface area (Å²) in [7, 11) is 0. The maximum absolute atomic E-state index is 11.6. The van der Waals surface area contributed by atoms with E-state index in [9.17, 15) is 9.59 Å². The second-order valence-corrected chi connectivity index (χ2v) is 3.82. The van der Waals surface area contributed by atoms with E-state index in [2.05, 4.69) is 5.92 Å². The van der Waals surface area contributed by atoms with E-state index in [1.807, 2.05) is 0 Å². The third kappa shape index (κ3) is 4.50. The van der Waals surface area contributed by atoms with Crippen molar-refractivity contribution in [3.63, 3.8) is 0 Å². The topological polar surface area (TPSA) is 57.6 Å². The van der Waals surface area contributed by atoms with Crippen molar-refractivity contribution in [1.82, 2.24) is 4.90 Å². The Balaban J connectivity index is 2.42. The number of terminal acetylenes is 1. The third-order valence-corrected chi connectivity index (χ3v) is 2.34. The van der Waals surface area contributed by atoms with Gasteiger partial charge in [-0.15, -0.1) is 12.3 Å². The Morgan fingerprint density at radius 3 is 2.60 bits per heavy atom. The van der Waals surface area contributed by atoms with Crippen molar-refractivity contribution < 1.29 is 14.7 Å². The summed E-state index contributed by atoms with van der Waals surface area (Å²) in [6.45, 7) is 0.357. The van der Waals surface area contributed by atoms with Crippen LogP contribution >= 0.6 is 0 Å². The van der Waals surface area contributed by atoms with Crippen LogP contribution in [0.1, 0.15) is 25.7 Å². The van der Waals surface area contributed by atoms with E-state index in [4.69, 9.17) is 11.5 Å². The molecule has 0 aromatic rings. The van der Waals surface area contributed by atoms with Gasteiger partial charge in [-0.1, -0.05) is 0 Å². The summed E-state index contributed by atoms with van der Waals surface area (Å²) in [6.07, 6.45) is 7.87. The molecule has 15 heavy (non-hydrogen) atoms. The number of amides is 1. The number of aliphatic carboxylic acids is 1. The van der Waals surface area contributed by atoms with Gasteiger partial charge in [0, 0.05) is 19.4 Å². The number of rotatable bonds is 6. The minimum atomic E-state index is -0.968. The molecule has 0 saturated heterocycles. The number of hydrogen-bond donors (Lipinski definition) is 1. The Kier molecular flexibility index (Phi) is 4.17. The number of nitrogens with zero attached hydrogens (tertiary/aromatic N) is 1. The molecule has 1 aliphatic carbocycles. The SMILES string of the molecule is C#CCCC(=O)N(CC(=O)O)CC1CC1. The van der Waals surface area contributed by atoms with Gasteiger partial charge in [0.1, 0.15) is 6.54 Å². The minimum Gasteiger partial charge on any atom is -0.480 e. The van der Waals surface area contributed by atoms with E-state index in [-0.39, 0.29) is 18.9 Å². The molecule has 1 saturated carbocycles. The van der Waals surface area contributed by atoms with Crippen LogP contribution in [0.25, 0.3) is 0 Å². The van der Waals surface area contributed by atoms with E-state index < -0.39 is 5.97 Å². The lowest BCUT2D eigenvalue weighted by Crippen LogP contribution is -2.37. The van der Waals surface area contributed by atoms with Crippen LogP contribution in [-0.2, 0) is 9.59 Å². The zero-order valence-electron chi connectivity index (χ0n) is 8.61. The highest BCUT2D eigenvalue weighted by atomic mass is 16.4. The molecule has 0 aromatic carbocycles. The van der Waals surface area contributed by atoms with Gasteiger partial charge in [0.15, 0.2) is 0 Å². The maximum Gasteiger partial charge on any atom is 0.323 e. The van der Waals surface area contributed by atoms with Crippen molar-refractivity contribution in [3.8, 4) is 12.3 Å². The first-order chi connectivity index (χ1) is 7.13. The molecule has 4 nitrogen and oxygen atoms in total. The average Bonchev–Trinajstić information content (AvgIpc) is 2.96. The molecule has 82 valence electrons. The summed E-state index contributed by atoms with van der Waals surface area (Å²) < 4.78 is 0. The van der Waals surface area contributed by atoms with Gasteiger partial charge in [-0.3, -0.25) is 9.59 Å². The molecule has 1 amide bonds. The predicted octanol–water partition coefficient (Wildman–Crippen LogP) is 0.723. The van der Waals surface area contributed by atoms with Gasteiger partial charge in [0.05, 0.1) is 0 Å². The monoisotopic (exact) mass is 209 g/mol. The quantitative estimate of drug-likeness (QED) is 0.656. The van der Waals surface area contributed by atoms with E-state index >= 15 is 0 Å². The fraction of sp³-hybridized carbons (Fsp3) is 0.636. The smallest absolute Gasteiger partial charge is 0.323 e. The molecule has 1 aliphatic rings. The van der Waals surface area contributed by atoms with Crippen molar-refractivity contribution in [2.24, 2.45) is 5.92 Å².